The van der Waals surface area contributed by atoms with Crippen LogP contribution < -0.4 is 0 Å². The van der Waals surface area contributed by atoms with Crippen LogP contribution in [0.4, 0.5) is 0 Å². The van der Waals surface area contributed by atoms with Gasteiger partial charge in [0.25, 0.3) is 0 Å². The molecular weight excluding hydrogens is 576 g/mol. The maximum Gasteiger partial charge on any atom is 0.187 e. The molecule has 246 valence electrons. The molecule has 3 saturated heterocycles. The van der Waals surface area contributed by atoms with E-state index in [1.165, 1.54) is 6.92 Å². The number of hydrogen-bond donors (Lipinski definition) is 12. The highest BCUT2D eigenvalue weighted by Gasteiger charge is 2.52. The minimum Gasteiger partial charge on any atom is -0.394 e. The van der Waals surface area contributed by atoms with E-state index in [4.69, 9.17) is 28.4 Å². The van der Waals surface area contributed by atoms with Crippen molar-refractivity contribution in [2.24, 2.45) is 0 Å². The minimum atomic E-state index is -1.84. The molecule has 19 atom stereocenters. The van der Waals surface area contributed by atoms with Crippen molar-refractivity contribution in [2.75, 3.05) is 13.2 Å². The van der Waals surface area contributed by atoms with Crippen molar-refractivity contribution in [1.82, 2.24) is 0 Å². The third-order valence-electron chi connectivity index (χ3n) is 8.24. The van der Waals surface area contributed by atoms with Crippen molar-refractivity contribution in [2.45, 2.75) is 136 Å². The highest BCUT2D eigenvalue weighted by Crippen LogP contribution is 2.34. The molecule has 0 aromatic rings. The van der Waals surface area contributed by atoms with E-state index in [-0.39, 0.29) is 12.8 Å². The van der Waals surface area contributed by atoms with E-state index < -0.39 is 130 Å². The van der Waals surface area contributed by atoms with E-state index in [2.05, 4.69) is 0 Å². The van der Waals surface area contributed by atoms with Gasteiger partial charge in [-0.15, -0.1) is 0 Å². The minimum absolute atomic E-state index is 0.0311. The van der Waals surface area contributed by atoms with Crippen LogP contribution in [0.1, 0.15) is 19.8 Å². The fourth-order valence-electron chi connectivity index (χ4n) is 5.66. The standard InChI is InChI=1S/C24H42O18/c1-6-20(15(31)17(33)22(36)37-6)38-7-2-3-8(12(28)11(7)27)39-23-19(35)16(32)21(10(5-26)41-23)42-24-18(34)14(30)13(29)9(4-25)40-24/h6-36H,2-5H2,1H3/t6-,7-,8+,9+,10+,11-,12+,13-,14-,15-,16+,17+,18-,19-,20-,21-,22-,23+,24-/m1/s1. The van der Waals surface area contributed by atoms with Gasteiger partial charge in [-0.1, -0.05) is 0 Å². The molecule has 1 saturated carbocycles. The lowest BCUT2D eigenvalue weighted by atomic mass is 9.88. The Balaban J connectivity index is 1.36. The smallest absolute Gasteiger partial charge is 0.187 e. The van der Waals surface area contributed by atoms with Gasteiger partial charge in [-0.05, 0) is 19.8 Å². The van der Waals surface area contributed by atoms with Gasteiger partial charge >= 0.3 is 0 Å². The fourth-order valence-corrected chi connectivity index (χ4v) is 5.66. The maximum absolute atomic E-state index is 10.8. The summed E-state index contributed by atoms with van der Waals surface area (Å²) in [6.07, 6.45) is -28.7. The van der Waals surface area contributed by atoms with Crippen LogP contribution in [-0.2, 0) is 28.4 Å². The summed E-state index contributed by atoms with van der Waals surface area (Å²) >= 11 is 0. The van der Waals surface area contributed by atoms with Crippen LogP contribution in [0.3, 0.4) is 0 Å². The third-order valence-corrected chi connectivity index (χ3v) is 8.24. The van der Waals surface area contributed by atoms with Crippen LogP contribution in [0.15, 0.2) is 0 Å². The molecule has 4 aliphatic rings. The van der Waals surface area contributed by atoms with Crippen LogP contribution in [0.2, 0.25) is 0 Å². The van der Waals surface area contributed by atoms with Crippen molar-refractivity contribution >= 4 is 0 Å². The number of hydrogen-bond acceptors (Lipinski definition) is 18. The Hall–Kier alpha value is -0.720. The van der Waals surface area contributed by atoms with Gasteiger partial charge in [-0.25, -0.2) is 0 Å². The Morgan fingerprint density at radius 2 is 1.00 bits per heavy atom. The van der Waals surface area contributed by atoms with Crippen LogP contribution in [0.5, 0.6) is 0 Å². The van der Waals surface area contributed by atoms with E-state index >= 15 is 0 Å². The van der Waals surface area contributed by atoms with Gasteiger partial charge in [0, 0.05) is 0 Å². The van der Waals surface area contributed by atoms with Gasteiger partial charge in [0.05, 0.1) is 31.5 Å². The largest absolute Gasteiger partial charge is 0.394 e. The summed E-state index contributed by atoms with van der Waals surface area (Å²) in [4.78, 5) is 0. The first kappa shape index (κ1) is 34.2. The Morgan fingerprint density at radius 3 is 1.60 bits per heavy atom. The molecule has 1 aliphatic carbocycles. The van der Waals surface area contributed by atoms with E-state index in [1.54, 1.807) is 0 Å². The van der Waals surface area contributed by atoms with Gasteiger partial charge in [0.15, 0.2) is 18.9 Å². The molecule has 0 spiro atoms. The van der Waals surface area contributed by atoms with Gasteiger partial charge in [0.2, 0.25) is 0 Å². The Labute approximate surface area is 239 Å². The summed E-state index contributed by atoms with van der Waals surface area (Å²) in [6.45, 7) is -0.0428. The lowest BCUT2D eigenvalue weighted by molar-refractivity contribution is -0.367. The third kappa shape index (κ3) is 6.76. The maximum atomic E-state index is 10.8. The van der Waals surface area contributed by atoms with Crippen LogP contribution >= 0.6 is 0 Å². The lowest BCUT2D eigenvalue weighted by Gasteiger charge is -2.47. The second-order valence-corrected chi connectivity index (χ2v) is 11.1. The summed E-state index contributed by atoms with van der Waals surface area (Å²) < 4.78 is 32.8. The molecule has 3 aliphatic heterocycles. The van der Waals surface area contributed by atoms with Crippen molar-refractivity contribution in [3.63, 3.8) is 0 Å². The second kappa shape index (κ2) is 14.1. The Kier molecular flexibility index (Phi) is 11.5. The van der Waals surface area contributed by atoms with Gasteiger partial charge in [0.1, 0.15) is 79.4 Å². The number of aliphatic hydroxyl groups is 12. The molecule has 4 fully saturated rings. The average molecular weight is 619 g/mol. The number of aliphatic hydroxyl groups excluding tert-OH is 12. The Morgan fingerprint density at radius 1 is 0.500 bits per heavy atom. The van der Waals surface area contributed by atoms with Crippen molar-refractivity contribution in [3.05, 3.63) is 0 Å². The monoisotopic (exact) mass is 618 g/mol. The first-order valence-electron chi connectivity index (χ1n) is 13.8. The zero-order valence-corrected chi connectivity index (χ0v) is 22.6. The van der Waals surface area contributed by atoms with Crippen molar-refractivity contribution < 1.29 is 89.7 Å². The molecule has 18 nitrogen and oxygen atoms in total. The molecule has 4 rings (SSSR count). The zero-order chi connectivity index (χ0) is 31.0. The quantitative estimate of drug-likeness (QED) is 0.120. The molecule has 18 heteroatoms. The Bertz CT molecular complexity index is 850. The summed E-state index contributed by atoms with van der Waals surface area (Å²) in [6, 6.07) is 0. The van der Waals surface area contributed by atoms with Crippen LogP contribution in [-0.4, -0.2) is 191 Å². The SMILES string of the molecule is C[C@H]1O[C@@H](O)[C@@H](O)[C@@H](O)[C@@H]1O[C@@H]1CC[C@H](O[C@H]2O[C@@H](CO)[C@@H](O[C@H]3O[C@@H](CO)[C@@H](O)[C@@H](O)[C@H]3O)[C@@H](O)[C@H]2O)[C@H](O)[C@@H]1O. The van der Waals surface area contributed by atoms with Crippen molar-refractivity contribution in [1.29, 1.82) is 0 Å². The molecule has 0 unspecified atom stereocenters. The topological polar surface area (TPSA) is 298 Å². The second-order valence-electron chi connectivity index (χ2n) is 11.1. The number of ether oxygens (including phenoxy) is 6. The van der Waals surface area contributed by atoms with E-state index in [1.807, 2.05) is 0 Å². The molecule has 3 heterocycles. The lowest BCUT2D eigenvalue weighted by Crippen LogP contribution is -2.65. The summed E-state index contributed by atoms with van der Waals surface area (Å²) in [5.74, 6) is 0. The molecular formula is C24H42O18. The first-order valence-corrected chi connectivity index (χ1v) is 13.8. The first-order chi connectivity index (χ1) is 19.8. The summed E-state index contributed by atoms with van der Waals surface area (Å²) in [7, 11) is 0. The fraction of sp³-hybridized carbons (Fsp3) is 1.00. The normalized spacial score (nSPS) is 54.1. The van der Waals surface area contributed by atoms with Crippen molar-refractivity contribution in [3.8, 4) is 0 Å². The van der Waals surface area contributed by atoms with Crippen LogP contribution in [0, 0.1) is 0 Å². The zero-order valence-electron chi connectivity index (χ0n) is 22.6. The van der Waals surface area contributed by atoms with Gasteiger partial charge < -0.3 is 89.7 Å². The molecule has 42 heavy (non-hydrogen) atoms. The van der Waals surface area contributed by atoms with Gasteiger partial charge in [-0.3, -0.25) is 0 Å². The van der Waals surface area contributed by atoms with Crippen LogP contribution in [0.25, 0.3) is 0 Å². The molecule has 0 aromatic heterocycles. The van der Waals surface area contributed by atoms with E-state index in [9.17, 15) is 61.3 Å². The summed E-state index contributed by atoms with van der Waals surface area (Å²) in [5.41, 5.74) is 0. The van der Waals surface area contributed by atoms with E-state index in [0.29, 0.717) is 0 Å². The predicted molar refractivity (Wildman–Crippen MR) is 130 cm³/mol. The average Bonchev–Trinajstić information content (AvgIpc) is 2.97. The summed E-state index contributed by atoms with van der Waals surface area (Å²) in [5, 5.41) is 122. The highest BCUT2D eigenvalue weighted by molar-refractivity contribution is 4.97. The molecule has 0 aromatic carbocycles. The predicted octanol–water partition coefficient (Wildman–Crippen LogP) is -7.28. The molecule has 0 amide bonds. The molecule has 12 N–H and O–H groups in total. The number of rotatable bonds is 8. The van der Waals surface area contributed by atoms with E-state index in [0.717, 1.165) is 0 Å². The molecule has 0 bridgehead atoms. The highest BCUT2D eigenvalue weighted by atomic mass is 16.7. The molecule has 0 radical (unpaired) electrons. The van der Waals surface area contributed by atoms with Gasteiger partial charge in [-0.2, -0.15) is 0 Å².